The lowest BCUT2D eigenvalue weighted by Crippen LogP contribution is -1.90. The highest BCUT2D eigenvalue weighted by molar-refractivity contribution is 5.78. The number of aldehydes is 1. The molecule has 0 fully saturated rings. The number of nitrogens with two attached hydrogens (primary N) is 1. The second-order valence-corrected chi connectivity index (χ2v) is 2.01. The zero-order valence-electron chi connectivity index (χ0n) is 5.76. The van der Waals surface area contributed by atoms with Crippen molar-refractivity contribution in [2.45, 2.75) is 13.3 Å². The quantitative estimate of drug-likeness (QED) is 0.627. The first-order valence-corrected chi connectivity index (χ1v) is 3.10. The highest BCUT2D eigenvalue weighted by Crippen LogP contribution is 2.17. The molecule has 0 saturated carbocycles. The van der Waals surface area contributed by atoms with E-state index in [2.05, 4.69) is 0 Å². The van der Waals surface area contributed by atoms with Crippen LogP contribution in [-0.4, -0.2) is 6.29 Å². The van der Waals surface area contributed by atoms with E-state index in [0.29, 0.717) is 11.4 Å². The lowest BCUT2D eigenvalue weighted by Gasteiger charge is -1.90. The van der Waals surface area contributed by atoms with E-state index in [4.69, 9.17) is 10.2 Å². The second kappa shape index (κ2) is 2.56. The summed E-state index contributed by atoms with van der Waals surface area (Å²) < 4.78 is 4.82. The molecule has 0 aromatic carbocycles. The van der Waals surface area contributed by atoms with Crippen LogP contribution in [0.25, 0.3) is 0 Å². The first-order valence-electron chi connectivity index (χ1n) is 3.10. The van der Waals surface area contributed by atoms with Crippen LogP contribution < -0.4 is 5.73 Å². The minimum atomic E-state index is 0.351. The Kier molecular flexibility index (Phi) is 1.76. The van der Waals surface area contributed by atoms with Gasteiger partial charge in [-0.1, -0.05) is 6.92 Å². The standard InChI is InChI=1S/C7H9NO2/c1-2-6-5(3-9)4-10-7(6)8/h3-4H,2,8H2,1H3. The van der Waals surface area contributed by atoms with Crippen LogP contribution in [0.4, 0.5) is 5.88 Å². The number of hydrogen-bond donors (Lipinski definition) is 1. The Morgan fingerprint density at radius 3 is 2.90 bits per heavy atom. The van der Waals surface area contributed by atoms with Crippen LogP contribution in [0, 0.1) is 0 Å². The molecule has 3 nitrogen and oxygen atoms in total. The number of furan rings is 1. The molecule has 3 heteroatoms. The molecule has 0 amide bonds. The van der Waals surface area contributed by atoms with E-state index < -0.39 is 0 Å². The van der Waals surface area contributed by atoms with Crippen LogP contribution in [0.2, 0.25) is 0 Å². The molecular formula is C7H9NO2. The van der Waals surface area contributed by atoms with Crippen molar-refractivity contribution in [1.29, 1.82) is 0 Å². The molecule has 0 saturated heterocycles. The highest BCUT2D eigenvalue weighted by Gasteiger charge is 2.06. The van der Waals surface area contributed by atoms with Gasteiger partial charge >= 0.3 is 0 Å². The van der Waals surface area contributed by atoms with Crippen LogP contribution in [-0.2, 0) is 6.42 Å². The number of hydrogen-bond acceptors (Lipinski definition) is 3. The van der Waals surface area contributed by atoms with Crippen LogP contribution in [0.3, 0.4) is 0 Å². The predicted octanol–water partition coefficient (Wildman–Crippen LogP) is 1.24. The van der Waals surface area contributed by atoms with E-state index in [1.54, 1.807) is 0 Å². The van der Waals surface area contributed by atoms with Crippen molar-refractivity contribution in [1.82, 2.24) is 0 Å². The molecule has 54 valence electrons. The Morgan fingerprint density at radius 1 is 1.80 bits per heavy atom. The fourth-order valence-electron chi connectivity index (χ4n) is 0.889. The number of anilines is 1. The van der Waals surface area contributed by atoms with Gasteiger partial charge in [-0.05, 0) is 6.42 Å². The smallest absolute Gasteiger partial charge is 0.193 e. The first-order chi connectivity index (χ1) is 4.79. The third-order valence-electron chi connectivity index (χ3n) is 1.44. The average molecular weight is 139 g/mol. The molecule has 0 atom stereocenters. The fourth-order valence-corrected chi connectivity index (χ4v) is 0.889. The van der Waals surface area contributed by atoms with Gasteiger partial charge in [0.05, 0.1) is 5.56 Å². The summed E-state index contributed by atoms with van der Waals surface area (Å²) in [4.78, 5) is 10.3. The van der Waals surface area contributed by atoms with Gasteiger partial charge in [0.2, 0.25) is 0 Å². The first kappa shape index (κ1) is 6.86. The molecule has 0 radical (unpaired) electrons. The molecule has 1 aromatic rings. The van der Waals surface area contributed by atoms with Crippen LogP contribution in [0.15, 0.2) is 10.7 Å². The summed E-state index contributed by atoms with van der Waals surface area (Å²) >= 11 is 0. The lowest BCUT2D eigenvalue weighted by molar-refractivity contribution is 0.112. The van der Waals surface area contributed by atoms with Gasteiger partial charge in [0.15, 0.2) is 12.2 Å². The third kappa shape index (κ3) is 0.900. The maximum absolute atomic E-state index is 10.3. The van der Waals surface area contributed by atoms with E-state index in [9.17, 15) is 4.79 Å². The minimum Gasteiger partial charge on any atom is -0.448 e. The zero-order chi connectivity index (χ0) is 7.56. The normalized spacial score (nSPS) is 9.70. The van der Waals surface area contributed by atoms with Crippen molar-refractivity contribution in [3.05, 3.63) is 17.4 Å². The molecule has 1 heterocycles. The molecule has 2 N–H and O–H groups in total. The molecule has 1 aromatic heterocycles. The van der Waals surface area contributed by atoms with Gasteiger partial charge < -0.3 is 10.2 Å². The largest absolute Gasteiger partial charge is 0.448 e. The monoisotopic (exact) mass is 139 g/mol. The van der Waals surface area contributed by atoms with Gasteiger partial charge in [0, 0.05) is 5.56 Å². The summed E-state index contributed by atoms with van der Waals surface area (Å²) in [5.41, 5.74) is 6.76. The minimum absolute atomic E-state index is 0.351. The number of rotatable bonds is 2. The number of carbonyl (C=O) groups excluding carboxylic acids is 1. The molecule has 1 rings (SSSR count). The molecule has 10 heavy (non-hydrogen) atoms. The number of nitrogen functional groups attached to an aromatic ring is 1. The third-order valence-corrected chi connectivity index (χ3v) is 1.44. The molecule has 0 aliphatic carbocycles. The topological polar surface area (TPSA) is 56.2 Å². The van der Waals surface area contributed by atoms with Gasteiger partial charge in [-0.25, -0.2) is 0 Å². The summed E-state index contributed by atoms with van der Waals surface area (Å²) in [7, 11) is 0. The van der Waals surface area contributed by atoms with Crippen molar-refractivity contribution in [2.75, 3.05) is 5.73 Å². The van der Waals surface area contributed by atoms with E-state index in [1.165, 1.54) is 6.26 Å². The predicted molar refractivity (Wildman–Crippen MR) is 37.9 cm³/mol. The maximum atomic E-state index is 10.3. The Hall–Kier alpha value is -1.25. The summed E-state index contributed by atoms with van der Waals surface area (Å²) in [6.45, 7) is 1.92. The molecule has 0 aliphatic heterocycles. The van der Waals surface area contributed by atoms with E-state index >= 15 is 0 Å². The van der Waals surface area contributed by atoms with Gasteiger partial charge in [0.25, 0.3) is 0 Å². The van der Waals surface area contributed by atoms with Crippen molar-refractivity contribution in [3.63, 3.8) is 0 Å². The summed E-state index contributed by atoms with van der Waals surface area (Å²) in [6.07, 6.45) is 2.86. The van der Waals surface area contributed by atoms with Crippen molar-refractivity contribution >= 4 is 12.2 Å². The van der Waals surface area contributed by atoms with E-state index in [1.807, 2.05) is 6.92 Å². The van der Waals surface area contributed by atoms with Gasteiger partial charge in [-0.2, -0.15) is 0 Å². The molecule has 0 unspecified atom stereocenters. The Bertz CT molecular complexity index is 240. The molecular weight excluding hydrogens is 130 g/mol. The summed E-state index contributed by atoms with van der Waals surface area (Å²) in [6, 6.07) is 0. The average Bonchev–Trinajstić information content (AvgIpc) is 2.30. The van der Waals surface area contributed by atoms with Crippen LogP contribution >= 0.6 is 0 Å². The van der Waals surface area contributed by atoms with E-state index in [0.717, 1.165) is 18.3 Å². The number of carbonyl (C=O) groups is 1. The molecule has 0 bridgehead atoms. The fraction of sp³-hybridized carbons (Fsp3) is 0.286. The Labute approximate surface area is 58.8 Å². The molecule has 0 spiro atoms. The summed E-state index contributed by atoms with van der Waals surface area (Å²) in [5.74, 6) is 0.351. The van der Waals surface area contributed by atoms with Crippen molar-refractivity contribution in [2.24, 2.45) is 0 Å². The summed E-state index contributed by atoms with van der Waals surface area (Å²) in [5, 5.41) is 0. The van der Waals surface area contributed by atoms with Crippen molar-refractivity contribution < 1.29 is 9.21 Å². The maximum Gasteiger partial charge on any atom is 0.193 e. The Balaban J connectivity index is 3.12. The van der Waals surface area contributed by atoms with Crippen molar-refractivity contribution in [3.8, 4) is 0 Å². The van der Waals surface area contributed by atoms with Gasteiger partial charge in [0.1, 0.15) is 6.26 Å². The second-order valence-electron chi connectivity index (χ2n) is 2.01. The van der Waals surface area contributed by atoms with Crippen LogP contribution in [0.5, 0.6) is 0 Å². The Morgan fingerprint density at radius 2 is 2.50 bits per heavy atom. The lowest BCUT2D eigenvalue weighted by atomic mass is 10.1. The highest BCUT2D eigenvalue weighted by atomic mass is 16.3. The van der Waals surface area contributed by atoms with Gasteiger partial charge in [-0.3, -0.25) is 4.79 Å². The van der Waals surface area contributed by atoms with E-state index in [-0.39, 0.29) is 0 Å². The molecule has 0 aliphatic rings. The zero-order valence-corrected chi connectivity index (χ0v) is 5.76. The SMILES string of the molecule is CCc1c(C=O)coc1N. The van der Waals surface area contributed by atoms with Gasteiger partial charge in [-0.15, -0.1) is 0 Å². The van der Waals surface area contributed by atoms with Crippen LogP contribution in [0.1, 0.15) is 22.8 Å².